The molecule has 10 nitrogen and oxygen atoms in total. The molecule has 2 aliphatic carbocycles. The molecule has 1 amide bonds. The van der Waals surface area contributed by atoms with Crippen LogP contribution in [0, 0.1) is 23.2 Å². The molecule has 6 rings (SSSR count). The van der Waals surface area contributed by atoms with Crippen molar-refractivity contribution >= 4 is 22.8 Å². The van der Waals surface area contributed by atoms with Crippen molar-refractivity contribution in [3.8, 4) is 12.1 Å². The Bertz CT molecular complexity index is 1370. The van der Waals surface area contributed by atoms with Crippen LogP contribution < -0.4 is 15.0 Å². The van der Waals surface area contributed by atoms with Crippen molar-refractivity contribution in [3.05, 3.63) is 35.8 Å². The van der Waals surface area contributed by atoms with Gasteiger partial charge in [0.2, 0.25) is 0 Å². The van der Waals surface area contributed by atoms with Crippen LogP contribution in [-0.4, -0.2) is 62.5 Å². The van der Waals surface area contributed by atoms with Gasteiger partial charge in [0.05, 0.1) is 30.8 Å². The van der Waals surface area contributed by atoms with Crippen molar-refractivity contribution in [2.24, 2.45) is 11.8 Å². The van der Waals surface area contributed by atoms with Crippen LogP contribution in [0.5, 0.6) is 6.01 Å². The minimum absolute atomic E-state index is 0.0100. The molecule has 0 radical (unpaired) electrons. The molecule has 192 valence electrons. The number of amides is 1. The van der Waals surface area contributed by atoms with Gasteiger partial charge in [0.15, 0.2) is 5.65 Å². The number of aromatic nitrogens is 5. The second-order valence-electron chi connectivity index (χ2n) is 10.7. The Hall–Kier alpha value is -3.81. The number of fused-ring (bicyclic) bond motifs is 1. The molecule has 0 bridgehead atoms. The number of nitrogens with one attached hydrogen (secondary N) is 2. The molecule has 3 aliphatic rings. The van der Waals surface area contributed by atoms with Gasteiger partial charge in [-0.05, 0) is 51.2 Å². The zero-order valence-electron chi connectivity index (χ0n) is 20.7. The molecule has 2 saturated carbocycles. The van der Waals surface area contributed by atoms with Crippen molar-refractivity contribution in [2.45, 2.75) is 56.7 Å². The number of halogens is 1. The molecular weight excluding hydrogens is 475 g/mol. The molecule has 1 saturated heterocycles. The zero-order valence-corrected chi connectivity index (χ0v) is 20.7. The van der Waals surface area contributed by atoms with Crippen LogP contribution in [0.15, 0.2) is 24.4 Å². The Kier molecular flexibility index (Phi) is 5.89. The summed E-state index contributed by atoms with van der Waals surface area (Å²) in [5.74, 6) is -0.0713. The first-order valence-corrected chi connectivity index (χ1v) is 12.8. The third-order valence-corrected chi connectivity index (χ3v) is 7.89. The maximum Gasteiger partial charge on any atom is 0.319 e. The molecule has 4 heterocycles. The maximum absolute atomic E-state index is 15.6. The first-order chi connectivity index (χ1) is 17.9. The monoisotopic (exact) mass is 504 g/mol. The Morgan fingerprint density at radius 3 is 3.00 bits per heavy atom. The number of ether oxygens (including phenoxy) is 1. The number of piperidine rings is 1. The van der Waals surface area contributed by atoms with E-state index in [0.29, 0.717) is 36.7 Å². The lowest BCUT2D eigenvalue weighted by Gasteiger charge is -2.39. The van der Waals surface area contributed by atoms with Crippen LogP contribution in [0.1, 0.15) is 61.1 Å². The summed E-state index contributed by atoms with van der Waals surface area (Å²) in [6.45, 7) is 2.98. The fourth-order valence-corrected chi connectivity index (χ4v) is 5.28. The highest BCUT2D eigenvalue weighted by atomic mass is 19.1. The number of aromatic amines is 1. The number of alkyl halides is 1. The Labute approximate surface area is 213 Å². The molecule has 3 aromatic rings. The Morgan fingerprint density at radius 1 is 1.41 bits per heavy atom. The lowest BCUT2D eigenvalue weighted by Crippen LogP contribution is -2.51. The number of pyridine rings is 1. The summed E-state index contributed by atoms with van der Waals surface area (Å²) in [6, 6.07) is 7.65. The van der Waals surface area contributed by atoms with Crippen molar-refractivity contribution in [1.82, 2.24) is 30.5 Å². The average Bonchev–Trinajstić information content (AvgIpc) is 3.54. The van der Waals surface area contributed by atoms with Gasteiger partial charge < -0.3 is 15.0 Å². The van der Waals surface area contributed by atoms with Crippen molar-refractivity contribution in [1.29, 1.82) is 5.26 Å². The highest BCUT2D eigenvalue weighted by Gasteiger charge is 2.39. The maximum atomic E-state index is 15.6. The van der Waals surface area contributed by atoms with E-state index in [2.05, 4.69) is 36.5 Å². The molecule has 0 aromatic carbocycles. The van der Waals surface area contributed by atoms with Gasteiger partial charge in [0.1, 0.15) is 17.7 Å². The summed E-state index contributed by atoms with van der Waals surface area (Å²) in [5.41, 5.74) is 1.30. The number of carbonyl (C=O) groups excluding carboxylic acids is 1. The SMILES string of the molecule is CC1(NC(=O)c2cc(N3CC[C@@H](c4n[nH]c5ncccc45)[C@@H](F)C3)nc(OC[C@H]3C[C@H]3C#N)n2)CCC1. The third kappa shape index (κ3) is 4.68. The van der Waals surface area contributed by atoms with Crippen LogP contribution in [0.4, 0.5) is 10.2 Å². The van der Waals surface area contributed by atoms with Crippen LogP contribution in [-0.2, 0) is 0 Å². The molecule has 3 fully saturated rings. The van der Waals surface area contributed by atoms with Crippen LogP contribution >= 0.6 is 0 Å². The average molecular weight is 505 g/mol. The van der Waals surface area contributed by atoms with Crippen LogP contribution in [0.2, 0.25) is 0 Å². The quantitative estimate of drug-likeness (QED) is 0.501. The minimum atomic E-state index is -1.19. The molecular formula is C26H29FN8O2. The second kappa shape index (κ2) is 9.25. The van der Waals surface area contributed by atoms with E-state index in [-0.39, 0.29) is 47.4 Å². The van der Waals surface area contributed by atoms with E-state index in [9.17, 15) is 4.79 Å². The Morgan fingerprint density at radius 2 is 2.27 bits per heavy atom. The van der Waals surface area contributed by atoms with Gasteiger partial charge in [0.25, 0.3) is 5.91 Å². The van der Waals surface area contributed by atoms with Gasteiger partial charge in [-0.15, -0.1) is 0 Å². The summed E-state index contributed by atoms with van der Waals surface area (Å²) in [6.07, 6.45) is 4.73. The summed E-state index contributed by atoms with van der Waals surface area (Å²) in [7, 11) is 0. The summed E-state index contributed by atoms with van der Waals surface area (Å²) < 4.78 is 21.4. The highest BCUT2D eigenvalue weighted by molar-refractivity contribution is 5.93. The summed E-state index contributed by atoms with van der Waals surface area (Å²) in [4.78, 5) is 28.1. The summed E-state index contributed by atoms with van der Waals surface area (Å²) >= 11 is 0. The van der Waals surface area contributed by atoms with Gasteiger partial charge in [-0.3, -0.25) is 9.89 Å². The van der Waals surface area contributed by atoms with E-state index < -0.39 is 6.17 Å². The van der Waals surface area contributed by atoms with Crippen molar-refractivity contribution in [3.63, 3.8) is 0 Å². The van der Waals surface area contributed by atoms with Crippen molar-refractivity contribution < 1.29 is 13.9 Å². The molecule has 11 heteroatoms. The standard InChI is InChI=1S/C26H29FN8O2/c1-26(6-3-7-26)32-24(36)20-11-21(31-25(30-20)37-14-16-10-15(16)12-28)35-9-5-17(19(27)13-35)22-18-4-2-8-29-23(18)34-33-22/h2,4,8,11,15-17,19H,3,5-7,9-10,13-14H2,1H3,(H,32,36)(H,29,33,34)/t15-,16+,17+,19-/m0/s1. The lowest BCUT2D eigenvalue weighted by atomic mass is 9.78. The molecule has 2 N–H and O–H groups in total. The fraction of sp³-hybridized carbons (Fsp3) is 0.538. The Balaban J connectivity index is 1.22. The second-order valence-corrected chi connectivity index (χ2v) is 10.7. The highest BCUT2D eigenvalue weighted by Crippen LogP contribution is 2.38. The van der Waals surface area contributed by atoms with Crippen LogP contribution in [0.3, 0.4) is 0 Å². The molecule has 0 spiro atoms. The number of carbonyl (C=O) groups is 1. The molecule has 4 atom stereocenters. The van der Waals surface area contributed by atoms with Crippen LogP contribution in [0.25, 0.3) is 11.0 Å². The normalized spacial score (nSPS) is 26.2. The fourth-order valence-electron chi connectivity index (χ4n) is 5.28. The topological polar surface area (TPSA) is 133 Å². The molecule has 3 aromatic heterocycles. The number of anilines is 1. The molecule has 1 aliphatic heterocycles. The number of nitrogens with zero attached hydrogens (tertiary/aromatic N) is 6. The molecule has 0 unspecified atom stereocenters. The van der Waals surface area contributed by atoms with E-state index in [0.717, 1.165) is 31.1 Å². The molecule has 37 heavy (non-hydrogen) atoms. The van der Waals surface area contributed by atoms with E-state index in [4.69, 9.17) is 10.00 Å². The number of hydrogen-bond acceptors (Lipinski definition) is 8. The smallest absolute Gasteiger partial charge is 0.319 e. The predicted molar refractivity (Wildman–Crippen MR) is 133 cm³/mol. The minimum Gasteiger partial charge on any atom is -0.463 e. The number of rotatable bonds is 7. The first kappa shape index (κ1) is 23.6. The van der Waals surface area contributed by atoms with Gasteiger partial charge in [0, 0.05) is 41.6 Å². The van der Waals surface area contributed by atoms with E-state index in [1.807, 2.05) is 24.0 Å². The largest absolute Gasteiger partial charge is 0.463 e. The predicted octanol–water partition coefficient (Wildman–Crippen LogP) is 3.29. The number of hydrogen-bond donors (Lipinski definition) is 2. The van der Waals surface area contributed by atoms with E-state index in [1.54, 1.807) is 12.3 Å². The van der Waals surface area contributed by atoms with Crippen molar-refractivity contribution in [2.75, 3.05) is 24.6 Å². The summed E-state index contributed by atoms with van der Waals surface area (Å²) in [5, 5.41) is 20.2. The van der Waals surface area contributed by atoms with Gasteiger partial charge in [-0.1, -0.05) is 0 Å². The van der Waals surface area contributed by atoms with Gasteiger partial charge >= 0.3 is 6.01 Å². The van der Waals surface area contributed by atoms with Gasteiger partial charge in [-0.2, -0.15) is 20.3 Å². The number of H-pyrrole nitrogens is 1. The zero-order chi connectivity index (χ0) is 25.6. The van der Waals surface area contributed by atoms with E-state index >= 15 is 4.39 Å². The lowest BCUT2D eigenvalue weighted by molar-refractivity contribution is 0.0843. The number of nitriles is 1. The third-order valence-electron chi connectivity index (χ3n) is 7.89. The first-order valence-electron chi connectivity index (χ1n) is 12.8. The van der Waals surface area contributed by atoms with E-state index in [1.165, 1.54) is 0 Å². The van der Waals surface area contributed by atoms with Gasteiger partial charge in [-0.25, -0.2) is 9.37 Å².